The first-order chi connectivity index (χ1) is 12.2. The van der Waals surface area contributed by atoms with Crippen molar-refractivity contribution in [1.29, 1.82) is 0 Å². The molecule has 134 valence electrons. The van der Waals surface area contributed by atoms with E-state index in [0.717, 1.165) is 5.56 Å². The molecule has 0 fully saturated rings. The quantitative estimate of drug-likeness (QED) is 0.625. The molecule has 2 amide bonds. The van der Waals surface area contributed by atoms with Gasteiger partial charge in [-0.15, -0.1) is 0 Å². The van der Waals surface area contributed by atoms with E-state index < -0.39 is 6.09 Å². The zero-order chi connectivity index (χ0) is 17.7. The maximum Gasteiger partial charge on any atom is 0.407 e. The molecule has 0 radical (unpaired) electrons. The van der Waals surface area contributed by atoms with Crippen LogP contribution in [0.4, 0.5) is 4.79 Å². The first-order valence-electron chi connectivity index (χ1n) is 8.00. The number of carbonyl (C=O) groups is 2. The van der Waals surface area contributed by atoms with E-state index in [1.807, 2.05) is 42.6 Å². The van der Waals surface area contributed by atoms with Crippen molar-refractivity contribution in [3.8, 4) is 0 Å². The summed E-state index contributed by atoms with van der Waals surface area (Å²) in [4.78, 5) is 23.1. The largest absolute Gasteiger partial charge is 0.445 e. The summed E-state index contributed by atoms with van der Waals surface area (Å²) in [6, 6.07) is 11.2. The van der Waals surface area contributed by atoms with Crippen LogP contribution in [0, 0.1) is 0 Å². The summed E-state index contributed by atoms with van der Waals surface area (Å²) in [5.41, 5.74) is 0.884. The molecule has 0 saturated heterocycles. The van der Waals surface area contributed by atoms with E-state index in [4.69, 9.17) is 9.47 Å². The standard InChI is InChI=1S/C17H22N4O4/c22-16(18-8-11-24-12-10-21-9-4-7-20-21)13-19-17(23)25-14-15-5-2-1-3-6-15/h1-7,9H,8,10-14H2,(H,18,22)(H,19,23). The van der Waals surface area contributed by atoms with E-state index in [0.29, 0.717) is 26.3 Å². The van der Waals surface area contributed by atoms with Gasteiger partial charge < -0.3 is 20.1 Å². The Morgan fingerprint density at radius 2 is 1.92 bits per heavy atom. The van der Waals surface area contributed by atoms with E-state index in [-0.39, 0.29) is 19.1 Å². The first-order valence-corrected chi connectivity index (χ1v) is 8.00. The SMILES string of the molecule is O=C(CNC(=O)OCc1ccccc1)NCCOCCn1cccn1. The van der Waals surface area contributed by atoms with E-state index >= 15 is 0 Å². The van der Waals surface area contributed by atoms with Crippen molar-refractivity contribution in [1.82, 2.24) is 20.4 Å². The third-order valence-corrected chi connectivity index (χ3v) is 3.20. The molecule has 2 N–H and O–H groups in total. The fourth-order valence-electron chi connectivity index (χ4n) is 1.94. The summed E-state index contributed by atoms with van der Waals surface area (Å²) in [6.45, 7) is 1.97. The molecule has 0 aliphatic carbocycles. The molecule has 8 nitrogen and oxygen atoms in total. The Morgan fingerprint density at radius 1 is 1.08 bits per heavy atom. The average Bonchev–Trinajstić information content (AvgIpc) is 3.15. The lowest BCUT2D eigenvalue weighted by Gasteiger charge is -2.08. The normalized spacial score (nSPS) is 10.2. The summed E-state index contributed by atoms with van der Waals surface area (Å²) in [6.07, 6.45) is 2.93. The maximum atomic E-state index is 11.6. The lowest BCUT2D eigenvalue weighted by molar-refractivity contribution is -0.120. The van der Waals surface area contributed by atoms with Crippen molar-refractivity contribution in [3.05, 3.63) is 54.4 Å². The van der Waals surface area contributed by atoms with Crippen LogP contribution in [0.1, 0.15) is 5.56 Å². The number of ether oxygens (including phenoxy) is 2. The van der Waals surface area contributed by atoms with Crippen LogP contribution in [0.2, 0.25) is 0 Å². The Hall–Kier alpha value is -2.87. The number of rotatable bonds is 10. The number of carbonyl (C=O) groups excluding carboxylic acids is 2. The molecule has 0 bridgehead atoms. The van der Waals surface area contributed by atoms with E-state index in [9.17, 15) is 9.59 Å². The number of aromatic nitrogens is 2. The molecule has 8 heteroatoms. The Labute approximate surface area is 146 Å². The molecule has 0 unspecified atom stereocenters. The van der Waals surface area contributed by atoms with Crippen LogP contribution >= 0.6 is 0 Å². The molecule has 0 spiro atoms. The molecule has 1 heterocycles. The molecular weight excluding hydrogens is 324 g/mol. The predicted molar refractivity (Wildman–Crippen MR) is 90.7 cm³/mol. The van der Waals surface area contributed by atoms with Gasteiger partial charge in [-0.3, -0.25) is 9.48 Å². The molecule has 1 aromatic heterocycles. The van der Waals surface area contributed by atoms with Gasteiger partial charge in [0.1, 0.15) is 6.61 Å². The van der Waals surface area contributed by atoms with Crippen molar-refractivity contribution >= 4 is 12.0 Å². The second kappa shape index (κ2) is 10.8. The van der Waals surface area contributed by atoms with Gasteiger partial charge in [-0.2, -0.15) is 5.10 Å². The zero-order valence-corrected chi connectivity index (χ0v) is 13.9. The van der Waals surface area contributed by atoms with Crippen LogP contribution in [-0.2, 0) is 27.4 Å². The van der Waals surface area contributed by atoms with Crippen LogP contribution in [0.5, 0.6) is 0 Å². The van der Waals surface area contributed by atoms with Crippen molar-refractivity contribution in [3.63, 3.8) is 0 Å². The van der Waals surface area contributed by atoms with Gasteiger partial charge >= 0.3 is 6.09 Å². The third kappa shape index (κ3) is 7.98. The summed E-state index contributed by atoms with van der Waals surface area (Å²) >= 11 is 0. The zero-order valence-electron chi connectivity index (χ0n) is 13.9. The highest BCUT2D eigenvalue weighted by atomic mass is 16.5. The van der Waals surface area contributed by atoms with E-state index in [2.05, 4.69) is 15.7 Å². The summed E-state index contributed by atoms with van der Waals surface area (Å²) in [5, 5.41) is 9.10. The molecule has 25 heavy (non-hydrogen) atoms. The number of nitrogens with zero attached hydrogens (tertiary/aromatic N) is 2. The third-order valence-electron chi connectivity index (χ3n) is 3.20. The Kier molecular flexibility index (Phi) is 7.99. The minimum Gasteiger partial charge on any atom is -0.445 e. The molecular formula is C17H22N4O4. The van der Waals surface area contributed by atoms with Crippen LogP contribution in [0.25, 0.3) is 0 Å². The monoisotopic (exact) mass is 346 g/mol. The molecule has 1 aromatic carbocycles. The molecule has 0 aliphatic rings. The van der Waals surface area contributed by atoms with Crippen molar-refractivity contribution in [2.24, 2.45) is 0 Å². The molecule has 2 rings (SSSR count). The van der Waals surface area contributed by atoms with Gasteiger partial charge in [0.25, 0.3) is 0 Å². The first kappa shape index (κ1) is 18.5. The van der Waals surface area contributed by atoms with Crippen molar-refractivity contribution < 1.29 is 19.1 Å². The van der Waals surface area contributed by atoms with E-state index in [1.165, 1.54) is 0 Å². The minimum absolute atomic E-state index is 0.138. The van der Waals surface area contributed by atoms with Gasteiger partial charge in [-0.05, 0) is 11.6 Å². The van der Waals surface area contributed by atoms with Gasteiger partial charge in [0.2, 0.25) is 5.91 Å². The Balaban J connectivity index is 1.45. The lowest BCUT2D eigenvalue weighted by Crippen LogP contribution is -2.38. The fourth-order valence-corrected chi connectivity index (χ4v) is 1.94. The maximum absolute atomic E-state index is 11.6. The smallest absolute Gasteiger partial charge is 0.407 e. The number of amides is 2. The second-order valence-electron chi connectivity index (χ2n) is 5.15. The van der Waals surface area contributed by atoms with Gasteiger partial charge in [-0.1, -0.05) is 30.3 Å². The lowest BCUT2D eigenvalue weighted by atomic mass is 10.2. The summed E-state index contributed by atoms with van der Waals surface area (Å²) < 4.78 is 12.2. The molecule has 0 saturated carbocycles. The summed E-state index contributed by atoms with van der Waals surface area (Å²) in [5.74, 6) is -0.299. The van der Waals surface area contributed by atoms with Crippen LogP contribution in [-0.4, -0.2) is 48.1 Å². The van der Waals surface area contributed by atoms with Gasteiger partial charge in [0.15, 0.2) is 0 Å². The summed E-state index contributed by atoms with van der Waals surface area (Å²) in [7, 11) is 0. The van der Waals surface area contributed by atoms with E-state index in [1.54, 1.807) is 10.9 Å². The molecule has 0 atom stereocenters. The predicted octanol–water partition coefficient (Wildman–Crippen LogP) is 0.942. The van der Waals surface area contributed by atoms with Crippen LogP contribution < -0.4 is 10.6 Å². The Morgan fingerprint density at radius 3 is 2.68 bits per heavy atom. The van der Waals surface area contributed by atoms with Gasteiger partial charge in [0.05, 0.1) is 26.3 Å². The van der Waals surface area contributed by atoms with Crippen LogP contribution in [0.15, 0.2) is 48.8 Å². The van der Waals surface area contributed by atoms with Crippen molar-refractivity contribution in [2.45, 2.75) is 13.2 Å². The number of benzene rings is 1. The highest BCUT2D eigenvalue weighted by Gasteiger charge is 2.06. The second-order valence-corrected chi connectivity index (χ2v) is 5.15. The fraction of sp³-hybridized carbons (Fsp3) is 0.353. The highest BCUT2D eigenvalue weighted by Crippen LogP contribution is 2.00. The number of alkyl carbamates (subject to hydrolysis) is 1. The minimum atomic E-state index is -0.630. The number of hydrogen-bond acceptors (Lipinski definition) is 5. The molecule has 2 aromatic rings. The highest BCUT2D eigenvalue weighted by molar-refractivity contribution is 5.82. The molecule has 0 aliphatic heterocycles. The number of hydrogen-bond donors (Lipinski definition) is 2. The van der Waals surface area contributed by atoms with Crippen molar-refractivity contribution in [2.75, 3.05) is 26.3 Å². The number of nitrogens with one attached hydrogen (secondary N) is 2. The average molecular weight is 346 g/mol. The van der Waals surface area contributed by atoms with Gasteiger partial charge in [-0.25, -0.2) is 4.79 Å². The topological polar surface area (TPSA) is 94.5 Å². The Bertz CT molecular complexity index is 631. The van der Waals surface area contributed by atoms with Gasteiger partial charge in [0, 0.05) is 18.9 Å². The van der Waals surface area contributed by atoms with Crippen LogP contribution in [0.3, 0.4) is 0 Å².